The van der Waals surface area contributed by atoms with Gasteiger partial charge in [-0.15, -0.1) is 0 Å². The van der Waals surface area contributed by atoms with E-state index in [0.717, 1.165) is 18.6 Å². The molecule has 0 aliphatic heterocycles. The van der Waals surface area contributed by atoms with Gasteiger partial charge in [0.2, 0.25) is 5.95 Å². The SMILES string of the molecule is CCC/C(C)=N\Nc1nc(C)cc(=O)[nH]1. The Bertz CT molecular complexity index is 408. The van der Waals surface area contributed by atoms with Gasteiger partial charge in [0, 0.05) is 17.5 Å². The lowest BCUT2D eigenvalue weighted by atomic mass is 10.2. The zero-order chi connectivity index (χ0) is 11.3. The van der Waals surface area contributed by atoms with Crippen molar-refractivity contribution >= 4 is 11.7 Å². The zero-order valence-corrected chi connectivity index (χ0v) is 9.29. The van der Waals surface area contributed by atoms with Crippen LogP contribution in [0.1, 0.15) is 32.4 Å². The maximum atomic E-state index is 11.1. The molecule has 1 heterocycles. The molecule has 1 aromatic rings. The van der Waals surface area contributed by atoms with Crippen molar-refractivity contribution < 1.29 is 0 Å². The Kier molecular flexibility index (Phi) is 4.03. The van der Waals surface area contributed by atoms with Crippen molar-refractivity contribution in [3.8, 4) is 0 Å². The number of nitrogens with one attached hydrogen (secondary N) is 2. The van der Waals surface area contributed by atoms with Crippen LogP contribution >= 0.6 is 0 Å². The molecule has 0 aliphatic carbocycles. The first-order valence-electron chi connectivity index (χ1n) is 4.99. The van der Waals surface area contributed by atoms with E-state index in [-0.39, 0.29) is 5.56 Å². The van der Waals surface area contributed by atoms with Gasteiger partial charge in [0.1, 0.15) is 0 Å². The van der Waals surface area contributed by atoms with Gasteiger partial charge in [-0.2, -0.15) is 5.10 Å². The van der Waals surface area contributed by atoms with Gasteiger partial charge in [0.25, 0.3) is 5.56 Å². The maximum Gasteiger partial charge on any atom is 0.252 e. The lowest BCUT2D eigenvalue weighted by Crippen LogP contribution is -2.11. The number of H-pyrrole nitrogens is 1. The van der Waals surface area contributed by atoms with Gasteiger partial charge in [-0.1, -0.05) is 13.3 Å². The summed E-state index contributed by atoms with van der Waals surface area (Å²) in [5.41, 5.74) is 4.22. The van der Waals surface area contributed by atoms with Crippen molar-refractivity contribution in [1.82, 2.24) is 9.97 Å². The number of rotatable bonds is 4. The molecule has 0 atom stereocenters. The van der Waals surface area contributed by atoms with Crippen LogP contribution in [0.5, 0.6) is 0 Å². The summed E-state index contributed by atoms with van der Waals surface area (Å²) < 4.78 is 0. The van der Waals surface area contributed by atoms with E-state index in [4.69, 9.17) is 0 Å². The van der Waals surface area contributed by atoms with Crippen molar-refractivity contribution in [3.05, 3.63) is 22.1 Å². The predicted molar refractivity (Wildman–Crippen MR) is 61.2 cm³/mol. The summed E-state index contributed by atoms with van der Waals surface area (Å²) >= 11 is 0. The van der Waals surface area contributed by atoms with E-state index < -0.39 is 0 Å². The highest BCUT2D eigenvalue weighted by atomic mass is 16.1. The molecule has 0 saturated carbocycles. The van der Waals surface area contributed by atoms with Gasteiger partial charge in [-0.3, -0.25) is 9.78 Å². The molecule has 82 valence electrons. The minimum atomic E-state index is -0.173. The van der Waals surface area contributed by atoms with Gasteiger partial charge in [0.05, 0.1) is 0 Å². The Hall–Kier alpha value is -1.65. The van der Waals surface area contributed by atoms with Crippen LogP contribution < -0.4 is 11.0 Å². The molecule has 0 unspecified atom stereocenters. The molecule has 0 radical (unpaired) electrons. The third-order valence-corrected chi connectivity index (χ3v) is 1.83. The number of aromatic amines is 1. The number of anilines is 1. The van der Waals surface area contributed by atoms with Gasteiger partial charge in [-0.25, -0.2) is 10.4 Å². The average Bonchev–Trinajstić information content (AvgIpc) is 2.14. The first-order valence-corrected chi connectivity index (χ1v) is 4.99. The normalized spacial score (nSPS) is 11.5. The number of hydrogen-bond donors (Lipinski definition) is 2. The van der Waals surface area contributed by atoms with Crippen LogP contribution in [0.25, 0.3) is 0 Å². The smallest absolute Gasteiger partial charge is 0.252 e. The molecule has 0 aromatic carbocycles. The monoisotopic (exact) mass is 208 g/mol. The standard InChI is InChI=1S/C10H16N4O/c1-4-5-7(2)13-14-10-11-8(3)6-9(15)12-10/h6H,4-5H2,1-3H3,(H2,11,12,14,15)/b13-7-. The fourth-order valence-electron chi connectivity index (χ4n) is 1.20. The molecule has 5 heteroatoms. The van der Waals surface area contributed by atoms with Crippen LogP contribution in [0.15, 0.2) is 16.0 Å². The second-order valence-corrected chi connectivity index (χ2v) is 3.44. The molecular weight excluding hydrogens is 192 g/mol. The van der Waals surface area contributed by atoms with Gasteiger partial charge in [-0.05, 0) is 20.3 Å². The van der Waals surface area contributed by atoms with Crippen LogP contribution in [-0.4, -0.2) is 15.7 Å². The molecule has 0 fully saturated rings. The quantitative estimate of drug-likeness (QED) is 0.584. The molecule has 1 rings (SSSR count). The lowest BCUT2D eigenvalue weighted by Gasteiger charge is -2.01. The Labute approximate surface area is 88.6 Å². The first kappa shape index (κ1) is 11.4. The number of hydrazone groups is 1. The highest BCUT2D eigenvalue weighted by Crippen LogP contribution is 1.97. The summed E-state index contributed by atoms with van der Waals surface area (Å²) in [6.45, 7) is 5.79. The van der Waals surface area contributed by atoms with Crippen LogP contribution in [0, 0.1) is 6.92 Å². The molecule has 0 saturated heterocycles. The molecule has 2 N–H and O–H groups in total. The van der Waals surface area contributed by atoms with Gasteiger partial charge < -0.3 is 0 Å². The summed E-state index contributed by atoms with van der Waals surface area (Å²) in [5.74, 6) is 0.385. The molecule has 0 aliphatic rings. The van der Waals surface area contributed by atoms with Crippen molar-refractivity contribution in [2.45, 2.75) is 33.6 Å². The van der Waals surface area contributed by atoms with Crippen molar-refractivity contribution in [1.29, 1.82) is 0 Å². The number of hydrogen-bond acceptors (Lipinski definition) is 4. The van der Waals surface area contributed by atoms with Gasteiger partial charge >= 0.3 is 0 Å². The van der Waals surface area contributed by atoms with Crippen molar-refractivity contribution in [3.63, 3.8) is 0 Å². The van der Waals surface area contributed by atoms with Gasteiger partial charge in [0.15, 0.2) is 0 Å². The van der Waals surface area contributed by atoms with E-state index in [1.165, 1.54) is 6.07 Å². The largest absolute Gasteiger partial charge is 0.291 e. The summed E-state index contributed by atoms with van der Waals surface area (Å²) in [6.07, 6.45) is 1.98. The van der Waals surface area contributed by atoms with Crippen molar-refractivity contribution in [2.24, 2.45) is 5.10 Å². The lowest BCUT2D eigenvalue weighted by molar-refractivity contribution is 0.975. The van der Waals surface area contributed by atoms with E-state index in [1.54, 1.807) is 6.92 Å². The third-order valence-electron chi connectivity index (χ3n) is 1.83. The molecule has 0 spiro atoms. The van der Waals surface area contributed by atoms with E-state index in [9.17, 15) is 4.79 Å². The Morgan fingerprint density at radius 2 is 2.40 bits per heavy atom. The minimum absolute atomic E-state index is 0.173. The Morgan fingerprint density at radius 3 is 3.00 bits per heavy atom. The van der Waals surface area contributed by atoms with Crippen LogP contribution in [0.2, 0.25) is 0 Å². The predicted octanol–water partition coefficient (Wildman–Crippen LogP) is 1.67. The second kappa shape index (κ2) is 5.29. The fourth-order valence-corrected chi connectivity index (χ4v) is 1.20. The highest BCUT2D eigenvalue weighted by molar-refractivity contribution is 5.82. The number of aryl methyl sites for hydroxylation is 1. The minimum Gasteiger partial charge on any atom is -0.291 e. The second-order valence-electron chi connectivity index (χ2n) is 3.44. The summed E-state index contributed by atoms with van der Waals surface area (Å²) in [4.78, 5) is 17.8. The van der Waals surface area contributed by atoms with E-state index in [1.807, 2.05) is 6.92 Å². The third kappa shape index (κ3) is 3.93. The maximum absolute atomic E-state index is 11.1. The van der Waals surface area contributed by atoms with E-state index >= 15 is 0 Å². The topological polar surface area (TPSA) is 70.1 Å². The molecule has 1 aromatic heterocycles. The summed E-state index contributed by atoms with van der Waals surface area (Å²) in [6, 6.07) is 1.44. The van der Waals surface area contributed by atoms with Crippen LogP contribution in [0.3, 0.4) is 0 Å². The molecular formula is C10H16N4O. The fraction of sp³-hybridized carbons (Fsp3) is 0.500. The number of aromatic nitrogens is 2. The molecule has 0 amide bonds. The summed E-state index contributed by atoms with van der Waals surface area (Å²) in [7, 11) is 0. The molecule has 15 heavy (non-hydrogen) atoms. The van der Waals surface area contributed by atoms with E-state index in [2.05, 4.69) is 27.4 Å². The highest BCUT2D eigenvalue weighted by Gasteiger charge is 1.96. The Morgan fingerprint density at radius 1 is 1.67 bits per heavy atom. The van der Waals surface area contributed by atoms with Crippen LogP contribution in [0.4, 0.5) is 5.95 Å². The first-order chi connectivity index (χ1) is 7.11. The van der Waals surface area contributed by atoms with Crippen molar-refractivity contribution in [2.75, 3.05) is 5.43 Å². The molecule has 5 nitrogen and oxygen atoms in total. The molecule has 0 bridgehead atoms. The average molecular weight is 208 g/mol. The zero-order valence-electron chi connectivity index (χ0n) is 9.29. The van der Waals surface area contributed by atoms with Crippen LogP contribution in [-0.2, 0) is 0 Å². The number of nitrogens with zero attached hydrogens (tertiary/aromatic N) is 2. The summed E-state index contributed by atoms with van der Waals surface area (Å²) in [5, 5.41) is 4.10. The van der Waals surface area contributed by atoms with E-state index in [0.29, 0.717) is 11.6 Å². The Balaban J connectivity index is 2.73.